The Kier molecular flexibility index (Phi) is 4.01. The quantitative estimate of drug-likeness (QED) is 0.240. The molecule has 4 N–H and O–H groups in total. The number of non-ortho nitro benzene ring substituents is 1. The molecule has 0 saturated carbocycles. The van der Waals surface area contributed by atoms with Crippen LogP contribution in [0.1, 0.15) is 0 Å². The summed E-state index contributed by atoms with van der Waals surface area (Å²) in [6.45, 7) is 0. The number of H-pyrrole nitrogens is 2. The zero-order valence-corrected chi connectivity index (χ0v) is 13.1. The van der Waals surface area contributed by atoms with Crippen molar-refractivity contribution in [1.82, 2.24) is 15.2 Å². The number of nitrogens with zero attached hydrogens (tertiary/aromatic N) is 4. The number of azo groups is 1. The zero-order valence-electron chi connectivity index (χ0n) is 11.5. The SMILES string of the molecule is O=C(N=Nc1c(O)[nH]c2ccc([N+](=O)[O-])cc12)Nc1n[nH]c(=S)s1. The monoisotopic (exact) mass is 365 g/mol. The van der Waals surface area contributed by atoms with E-state index in [2.05, 4.69) is 30.7 Å². The van der Waals surface area contributed by atoms with E-state index in [0.29, 0.717) is 9.47 Å². The van der Waals surface area contributed by atoms with Crippen molar-refractivity contribution in [3.8, 4) is 5.88 Å². The van der Waals surface area contributed by atoms with E-state index in [0.717, 1.165) is 11.3 Å². The molecule has 2 amide bonds. The van der Waals surface area contributed by atoms with E-state index >= 15 is 0 Å². The molecule has 13 heteroatoms. The summed E-state index contributed by atoms with van der Waals surface area (Å²) in [4.78, 5) is 24.5. The van der Waals surface area contributed by atoms with Gasteiger partial charge in [-0.2, -0.15) is 0 Å². The van der Waals surface area contributed by atoms with Gasteiger partial charge in [-0.15, -0.1) is 10.2 Å². The van der Waals surface area contributed by atoms with Crippen LogP contribution in [0.25, 0.3) is 10.9 Å². The number of benzene rings is 1. The first-order valence-electron chi connectivity index (χ1n) is 6.21. The number of aromatic nitrogens is 3. The van der Waals surface area contributed by atoms with Gasteiger partial charge in [-0.25, -0.2) is 4.79 Å². The summed E-state index contributed by atoms with van der Waals surface area (Å²) < 4.78 is 0.379. The lowest BCUT2D eigenvalue weighted by molar-refractivity contribution is -0.384. The second-order valence-electron chi connectivity index (χ2n) is 4.36. The number of aromatic hydroxyl groups is 1. The molecule has 24 heavy (non-hydrogen) atoms. The van der Waals surface area contributed by atoms with Crippen molar-refractivity contribution in [1.29, 1.82) is 0 Å². The van der Waals surface area contributed by atoms with E-state index in [-0.39, 0.29) is 27.8 Å². The number of nitro benzene ring substituents is 1. The maximum atomic E-state index is 11.7. The smallest absolute Gasteiger partial charge is 0.365 e. The van der Waals surface area contributed by atoms with Crippen molar-refractivity contribution in [2.45, 2.75) is 0 Å². The molecule has 0 saturated heterocycles. The molecule has 0 atom stereocenters. The van der Waals surface area contributed by atoms with Gasteiger partial charge in [-0.3, -0.25) is 20.5 Å². The van der Waals surface area contributed by atoms with Gasteiger partial charge in [-0.1, -0.05) is 16.5 Å². The molecular formula is C11H7N7O4S2. The van der Waals surface area contributed by atoms with E-state index in [1.165, 1.54) is 18.2 Å². The maximum Gasteiger partial charge on any atom is 0.365 e. The van der Waals surface area contributed by atoms with Crippen molar-refractivity contribution in [2.24, 2.45) is 10.2 Å². The molecule has 0 fully saturated rings. The first kappa shape index (κ1) is 15.7. The van der Waals surface area contributed by atoms with E-state index in [1.54, 1.807) is 0 Å². The molecule has 0 spiro atoms. The highest BCUT2D eigenvalue weighted by Gasteiger charge is 2.15. The molecule has 0 aliphatic carbocycles. The minimum absolute atomic E-state index is 0.0847. The number of fused-ring (bicyclic) bond motifs is 1. The average Bonchev–Trinajstić information content (AvgIpc) is 3.07. The second-order valence-corrected chi connectivity index (χ2v) is 6.02. The standard InChI is InChI=1S/C11H7N7O4S2/c19-8-7(5-3-4(18(21)22)1-2-6(5)12-8)14-15-9(20)13-10-16-17-11(23)24-10/h1-3,12,19H,(H,17,23)(H,13,16,20). The third kappa shape index (κ3) is 3.11. The highest BCUT2D eigenvalue weighted by molar-refractivity contribution is 7.73. The highest BCUT2D eigenvalue weighted by Crippen LogP contribution is 2.37. The molecule has 0 aliphatic rings. The largest absolute Gasteiger partial charge is 0.493 e. The first-order valence-corrected chi connectivity index (χ1v) is 7.44. The molecule has 0 unspecified atom stereocenters. The van der Waals surface area contributed by atoms with Crippen molar-refractivity contribution in [3.05, 3.63) is 32.3 Å². The molecule has 0 radical (unpaired) electrons. The normalized spacial score (nSPS) is 11.2. The van der Waals surface area contributed by atoms with Gasteiger partial charge >= 0.3 is 6.03 Å². The van der Waals surface area contributed by atoms with Crippen LogP contribution in [-0.2, 0) is 0 Å². The Hall–Kier alpha value is -3.19. The summed E-state index contributed by atoms with van der Waals surface area (Å²) in [6, 6.07) is 3.07. The summed E-state index contributed by atoms with van der Waals surface area (Å²) in [7, 11) is 0. The minimum Gasteiger partial charge on any atom is -0.493 e. The van der Waals surface area contributed by atoms with Crippen molar-refractivity contribution in [2.75, 3.05) is 5.32 Å². The first-order chi connectivity index (χ1) is 11.4. The van der Waals surface area contributed by atoms with Gasteiger partial charge in [0.05, 0.1) is 10.4 Å². The number of carbonyl (C=O) groups is 1. The molecule has 3 aromatic rings. The lowest BCUT2D eigenvalue weighted by Gasteiger charge is -1.94. The number of hydrogen-bond donors (Lipinski definition) is 4. The molecule has 0 bridgehead atoms. The number of rotatable bonds is 3. The van der Waals surface area contributed by atoms with Gasteiger partial charge in [0, 0.05) is 17.5 Å². The van der Waals surface area contributed by atoms with Crippen molar-refractivity contribution >= 4 is 57.0 Å². The molecule has 122 valence electrons. The summed E-state index contributed by atoms with van der Waals surface area (Å²) in [5, 5.41) is 36.7. The molecular weight excluding hydrogens is 358 g/mol. The number of hydrogen-bond acceptors (Lipinski definition) is 8. The van der Waals surface area contributed by atoms with Crippen LogP contribution in [0, 0.1) is 14.1 Å². The Bertz CT molecular complexity index is 1030. The van der Waals surface area contributed by atoms with E-state index in [4.69, 9.17) is 12.2 Å². The van der Waals surface area contributed by atoms with Gasteiger partial charge in [0.25, 0.3) is 5.69 Å². The Morgan fingerprint density at radius 1 is 1.50 bits per heavy atom. The summed E-state index contributed by atoms with van der Waals surface area (Å²) in [5.41, 5.74) is 0.148. The van der Waals surface area contributed by atoms with Gasteiger partial charge in [0.2, 0.25) is 11.0 Å². The lowest BCUT2D eigenvalue weighted by Crippen LogP contribution is -2.04. The predicted octanol–water partition coefficient (Wildman–Crippen LogP) is 3.61. The fraction of sp³-hybridized carbons (Fsp3) is 0. The van der Waals surface area contributed by atoms with Gasteiger partial charge < -0.3 is 10.1 Å². The van der Waals surface area contributed by atoms with Crippen molar-refractivity contribution < 1.29 is 14.8 Å². The third-order valence-electron chi connectivity index (χ3n) is 2.84. The van der Waals surface area contributed by atoms with Crippen LogP contribution in [0.15, 0.2) is 28.4 Å². The molecule has 2 heterocycles. The molecule has 1 aromatic carbocycles. The fourth-order valence-corrected chi connectivity index (χ4v) is 2.64. The van der Waals surface area contributed by atoms with Crippen LogP contribution in [0.2, 0.25) is 0 Å². The van der Waals surface area contributed by atoms with Crippen LogP contribution in [0.3, 0.4) is 0 Å². The summed E-state index contributed by atoms with van der Waals surface area (Å²) in [5.74, 6) is -0.363. The molecule has 0 aliphatic heterocycles. The van der Waals surface area contributed by atoms with Crippen LogP contribution in [0.4, 0.5) is 21.3 Å². The second kappa shape index (κ2) is 6.13. The Balaban J connectivity index is 1.89. The highest BCUT2D eigenvalue weighted by atomic mass is 32.1. The molecule has 3 rings (SSSR count). The summed E-state index contributed by atoms with van der Waals surface area (Å²) >= 11 is 5.86. The number of urea groups is 1. The number of carbonyl (C=O) groups excluding carboxylic acids is 1. The zero-order chi connectivity index (χ0) is 17.3. The fourth-order valence-electron chi connectivity index (χ4n) is 1.86. The van der Waals surface area contributed by atoms with Crippen LogP contribution in [0.5, 0.6) is 5.88 Å². The Morgan fingerprint density at radius 2 is 2.29 bits per heavy atom. The lowest BCUT2D eigenvalue weighted by atomic mass is 10.2. The van der Waals surface area contributed by atoms with Crippen LogP contribution >= 0.6 is 23.6 Å². The molecule has 11 nitrogen and oxygen atoms in total. The number of nitrogens with one attached hydrogen (secondary N) is 3. The number of amides is 2. The number of anilines is 1. The summed E-state index contributed by atoms with van der Waals surface area (Å²) in [6.07, 6.45) is 0. The molecule has 2 aromatic heterocycles. The van der Waals surface area contributed by atoms with Gasteiger partial charge in [-0.05, 0) is 18.3 Å². The Labute approximate surface area is 141 Å². The topological polar surface area (TPSA) is 162 Å². The maximum absolute atomic E-state index is 11.7. The number of aromatic amines is 2. The van der Waals surface area contributed by atoms with E-state index in [1.807, 2.05) is 0 Å². The third-order valence-corrected chi connectivity index (χ3v) is 3.84. The van der Waals surface area contributed by atoms with Crippen LogP contribution in [-0.4, -0.2) is 31.2 Å². The van der Waals surface area contributed by atoms with Gasteiger partial charge in [0.1, 0.15) is 0 Å². The van der Waals surface area contributed by atoms with Crippen LogP contribution < -0.4 is 5.32 Å². The number of nitro groups is 1. The van der Waals surface area contributed by atoms with E-state index in [9.17, 15) is 20.0 Å². The van der Waals surface area contributed by atoms with Crippen molar-refractivity contribution in [3.63, 3.8) is 0 Å². The van der Waals surface area contributed by atoms with Gasteiger partial charge in [0.15, 0.2) is 9.64 Å². The Morgan fingerprint density at radius 3 is 2.96 bits per heavy atom. The van der Waals surface area contributed by atoms with E-state index < -0.39 is 11.0 Å². The predicted molar refractivity (Wildman–Crippen MR) is 87.5 cm³/mol. The minimum atomic E-state index is -0.841. The average molecular weight is 365 g/mol.